The molecule has 0 heterocycles. The van der Waals surface area contributed by atoms with Crippen molar-refractivity contribution in [1.82, 2.24) is 0 Å². The molecule has 5 heteroatoms. The first-order chi connectivity index (χ1) is 15.5. The van der Waals surface area contributed by atoms with Crippen LogP contribution in [-0.2, 0) is 11.2 Å². The first-order valence-electron chi connectivity index (χ1n) is 10.9. The van der Waals surface area contributed by atoms with Gasteiger partial charge in [0.1, 0.15) is 17.7 Å². The van der Waals surface area contributed by atoms with Crippen LogP contribution in [0.15, 0.2) is 72.8 Å². The molecule has 4 nitrogen and oxygen atoms in total. The predicted molar refractivity (Wildman–Crippen MR) is 124 cm³/mol. The topological polar surface area (TPSA) is 36.9 Å². The summed E-state index contributed by atoms with van der Waals surface area (Å²) in [6.07, 6.45) is 0.368. The van der Waals surface area contributed by atoms with Gasteiger partial charge in [0, 0.05) is 19.1 Å². The first-order valence-corrected chi connectivity index (χ1v) is 10.9. The lowest BCUT2D eigenvalue weighted by Gasteiger charge is -2.22. The predicted octanol–water partition coefficient (Wildman–Crippen LogP) is 6.25. The summed E-state index contributed by atoms with van der Waals surface area (Å²) in [5, 5.41) is 0. The maximum Gasteiger partial charge on any atom is 0.165 e. The van der Waals surface area contributed by atoms with Crippen molar-refractivity contribution in [2.75, 3.05) is 26.9 Å². The molecule has 0 saturated heterocycles. The third kappa shape index (κ3) is 7.27. The van der Waals surface area contributed by atoms with Crippen molar-refractivity contribution in [1.29, 1.82) is 0 Å². The Hall–Kier alpha value is -3.05. The highest BCUT2D eigenvalue weighted by Gasteiger charge is 2.18. The second-order valence-corrected chi connectivity index (χ2v) is 7.99. The van der Waals surface area contributed by atoms with Crippen LogP contribution in [0.4, 0.5) is 4.39 Å². The molecule has 0 amide bonds. The second-order valence-electron chi connectivity index (χ2n) is 7.99. The maximum atomic E-state index is 13.1. The molecule has 0 aromatic heterocycles. The smallest absolute Gasteiger partial charge is 0.165 e. The average molecular weight is 439 g/mol. The van der Waals surface area contributed by atoms with Crippen LogP contribution in [0.3, 0.4) is 0 Å². The Morgan fingerprint density at radius 3 is 2.28 bits per heavy atom. The van der Waals surface area contributed by atoms with Gasteiger partial charge in [-0.1, -0.05) is 56.3 Å². The van der Waals surface area contributed by atoms with Crippen LogP contribution in [-0.4, -0.2) is 26.9 Å². The summed E-state index contributed by atoms with van der Waals surface area (Å²) in [5.41, 5.74) is 2.03. The van der Waals surface area contributed by atoms with E-state index < -0.39 is 0 Å². The summed E-state index contributed by atoms with van der Waals surface area (Å²) in [6.45, 7) is 5.76. The number of ether oxygens (including phenoxy) is 4. The Morgan fingerprint density at radius 2 is 1.59 bits per heavy atom. The van der Waals surface area contributed by atoms with Crippen molar-refractivity contribution in [2.45, 2.75) is 26.4 Å². The van der Waals surface area contributed by atoms with Crippen LogP contribution < -0.4 is 14.2 Å². The molecule has 0 bridgehead atoms. The van der Waals surface area contributed by atoms with Gasteiger partial charge in [-0.25, -0.2) is 4.39 Å². The van der Waals surface area contributed by atoms with E-state index in [0.717, 1.165) is 11.1 Å². The molecule has 1 atom stereocenters. The Morgan fingerprint density at radius 1 is 0.844 bits per heavy atom. The van der Waals surface area contributed by atoms with E-state index >= 15 is 0 Å². The summed E-state index contributed by atoms with van der Waals surface area (Å²) in [5.74, 6) is 2.09. The summed E-state index contributed by atoms with van der Waals surface area (Å²) in [7, 11) is 1.62. The lowest BCUT2D eigenvalue weighted by atomic mass is 10.1. The highest BCUT2D eigenvalue weighted by molar-refractivity contribution is 5.46. The fourth-order valence-electron chi connectivity index (χ4n) is 3.19. The van der Waals surface area contributed by atoms with E-state index in [4.69, 9.17) is 18.9 Å². The molecule has 0 aliphatic heterocycles. The number of hydrogen-bond acceptors (Lipinski definition) is 4. The number of methoxy groups -OCH3 is 1. The molecule has 0 radical (unpaired) electrons. The molecular formula is C27H31FO4. The molecular weight excluding hydrogens is 407 g/mol. The van der Waals surface area contributed by atoms with Crippen LogP contribution in [0.5, 0.6) is 17.2 Å². The summed E-state index contributed by atoms with van der Waals surface area (Å²) in [6, 6.07) is 22.0. The minimum absolute atomic E-state index is 0.243. The number of benzene rings is 3. The van der Waals surface area contributed by atoms with Crippen molar-refractivity contribution in [3.8, 4) is 17.2 Å². The van der Waals surface area contributed by atoms with Crippen LogP contribution in [0.25, 0.3) is 0 Å². The third-order valence-corrected chi connectivity index (χ3v) is 4.87. The standard InChI is InChI=1S/C27H31FO4/c1-20(2)18-30-19-27(22-7-5-4-6-8-22)32-26-17-24(29-3)13-14-25(26)31-16-15-21-9-11-23(28)12-10-21/h4-14,17,20,27H,15-16,18-19H2,1-3H3. The van der Waals surface area contributed by atoms with Crippen molar-refractivity contribution in [3.05, 3.63) is 89.7 Å². The van der Waals surface area contributed by atoms with E-state index in [0.29, 0.717) is 49.4 Å². The van der Waals surface area contributed by atoms with Gasteiger partial charge in [-0.3, -0.25) is 0 Å². The van der Waals surface area contributed by atoms with E-state index in [-0.39, 0.29) is 11.9 Å². The van der Waals surface area contributed by atoms with Crippen molar-refractivity contribution >= 4 is 0 Å². The Kier molecular flexibility index (Phi) is 8.93. The highest BCUT2D eigenvalue weighted by Crippen LogP contribution is 2.35. The van der Waals surface area contributed by atoms with Gasteiger partial charge in [0.05, 0.1) is 20.3 Å². The van der Waals surface area contributed by atoms with E-state index in [9.17, 15) is 4.39 Å². The zero-order valence-electron chi connectivity index (χ0n) is 18.9. The van der Waals surface area contributed by atoms with Gasteiger partial charge in [-0.05, 0) is 41.3 Å². The van der Waals surface area contributed by atoms with Gasteiger partial charge in [0.25, 0.3) is 0 Å². The van der Waals surface area contributed by atoms with Gasteiger partial charge >= 0.3 is 0 Å². The van der Waals surface area contributed by atoms with Gasteiger partial charge in [0.2, 0.25) is 0 Å². The van der Waals surface area contributed by atoms with Crippen molar-refractivity contribution in [3.63, 3.8) is 0 Å². The largest absolute Gasteiger partial charge is 0.497 e. The first kappa shape index (κ1) is 23.6. The lowest BCUT2D eigenvalue weighted by Crippen LogP contribution is -2.17. The van der Waals surface area contributed by atoms with E-state index in [1.807, 2.05) is 48.5 Å². The Labute approximate surface area is 189 Å². The fraction of sp³-hybridized carbons (Fsp3) is 0.333. The number of halogens is 1. The van der Waals surface area contributed by atoms with E-state index in [2.05, 4.69) is 13.8 Å². The van der Waals surface area contributed by atoms with Crippen molar-refractivity contribution in [2.24, 2.45) is 5.92 Å². The third-order valence-electron chi connectivity index (χ3n) is 4.87. The molecule has 0 aliphatic rings. The van der Waals surface area contributed by atoms with Gasteiger partial charge < -0.3 is 18.9 Å². The summed E-state index contributed by atoms with van der Waals surface area (Å²) < 4.78 is 36.8. The monoisotopic (exact) mass is 438 g/mol. The van der Waals surface area contributed by atoms with Gasteiger partial charge in [-0.2, -0.15) is 0 Å². The molecule has 0 spiro atoms. The zero-order valence-corrected chi connectivity index (χ0v) is 18.9. The number of hydrogen-bond donors (Lipinski definition) is 0. The van der Waals surface area contributed by atoms with E-state index in [1.165, 1.54) is 12.1 Å². The minimum atomic E-state index is -0.290. The molecule has 0 fully saturated rings. The zero-order chi connectivity index (χ0) is 22.8. The number of rotatable bonds is 12. The second kappa shape index (κ2) is 12.1. The Balaban J connectivity index is 1.74. The molecule has 1 unspecified atom stereocenters. The van der Waals surface area contributed by atoms with Crippen LogP contribution in [0, 0.1) is 11.7 Å². The molecule has 0 N–H and O–H groups in total. The molecule has 32 heavy (non-hydrogen) atoms. The highest BCUT2D eigenvalue weighted by atomic mass is 19.1. The van der Waals surface area contributed by atoms with E-state index in [1.54, 1.807) is 19.2 Å². The lowest BCUT2D eigenvalue weighted by molar-refractivity contribution is 0.0355. The van der Waals surface area contributed by atoms with Crippen LogP contribution >= 0.6 is 0 Å². The summed E-state index contributed by atoms with van der Waals surface area (Å²) >= 11 is 0. The molecule has 170 valence electrons. The molecule has 0 aliphatic carbocycles. The minimum Gasteiger partial charge on any atom is -0.497 e. The quantitative estimate of drug-likeness (QED) is 0.335. The molecule has 3 aromatic rings. The maximum absolute atomic E-state index is 13.1. The van der Waals surface area contributed by atoms with Crippen LogP contribution in [0.2, 0.25) is 0 Å². The SMILES string of the molecule is COc1ccc(OCCc2ccc(F)cc2)c(OC(COCC(C)C)c2ccccc2)c1. The Bertz CT molecular complexity index is 942. The fourth-order valence-corrected chi connectivity index (χ4v) is 3.19. The molecule has 3 aromatic carbocycles. The van der Waals surface area contributed by atoms with Gasteiger partial charge in [0.15, 0.2) is 11.5 Å². The van der Waals surface area contributed by atoms with Crippen molar-refractivity contribution < 1.29 is 23.3 Å². The molecule has 0 saturated carbocycles. The average Bonchev–Trinajstić information content (AvgIpc) is 2.81. The summed E-state index contributed by atoms with van der Waals surface area (Å²) in [4.78, 5) is 0. The van der Waals surface area contributed by atoms with Crippen LogP contribution in [0.1, 0.15) is 31.1 Å². The molecule has 3 rings (SSSR count). The normalized spacial score (nSPS) is 11.9. The van der Waals surface area contributed by atoms with Gasteiger partial charge in [-0.15, -0.1) is 0 Å².